The average molecular weight is 258 g/mol. The third kappa shape index (κ3) is 6.14. The quantitative estimate of drug-likeness (QED) is 0.681. The highest BCUT2D eigenvalue weighted by Crippen LogP contribution is 2.19. The maximum Gasteiger partial charge on any atom is 0.0308 e. The Morgan fingerprint density at radius 2 is 2.26 bits per heavy atom. The molecule has 19 heavy (non-hydrogen) atoms. The summed E-state index contributed by atoms with van der Waals surface area (Å²) in [5.41, 5.74) is 7.52. The van der Waals surface area contributed by atoms with Crippen molar-refractivity contribution in [3.05, 3.63) is 60.5 Å². The van der Waals surface area contributed by atoms with Crippen LogP contribution in [0.2, 0.25) is 0 Å². The van der Waals surface area contributed by atoms with E-state index in [1.807, 2.05) is 12.2 Å². The molecule has 0 heterocycles. The van der Waals surface area contributed by atoms with Crippen LogP contribution in [0, 0.1) is 5.92 Å². The lowest BCUT2D eigenvalue weighted by Crippen LogP contribution is -2.29. The van der Waals surface area contributed by atoms with Gasteiger partial charge in [-0.1, -0.05) is 37.8 Å². The first kappa shape index (κ1) is 15.4. The average Bonchev–Trinajstić information content (AvgIpc) is 2.45. The lowest BCUT2D eigenvalue weighted by Gasteiger charge is -2.23. The summed E-state index contributed by atoms with van der Waals surface area (Å²) in [5, 5.41) is 3.56. The first-order chi connectivity index (χ1) is 9.15. The van der Waals surface area contributed by atoms with E-state index in [9.17, 15) is 0 Å². The first-order valence-corrected chi connectivity index (χ1v) is 7.02. The predicted octanol–water partition coefficient (Wildman–Crippen LogP) is 3.81. The predicted molar refractivity (Wildman–Crippen MR) is 84.4 cm³/mol. The molecule has 0 radical (unpaired) electrons. The minimum atomic E-state index is 0.510. The van der Waals surface area contributed by atoms with Crippen LogP contribution < -0.4 is 11.1 Å². The van der Waals surface area contributed by atoms with E-state index >= 15 is 0 Å². The zero-order valence-electron chi connectivity index (χ0n) is 12.1. The van der Waals surface area contributed by atoms with Crippen molar-refractivity contribution in [3.63, 3.8) is 0 Å². The second kappa shape index (κ2) is 8.41. The second-order valence-corrected chi connectivity index (χ2v) is 5.01. The van der Waals surface area contributed by atoms with Crippen molar-refractivity contribution in [2.75, 3.05) is 0 Å². The van der Waals surface area contributed by atoms with Crippen LogP contribution in [0.1, 0.15) is 33.1 Å². The molecule has 1 unspecified atom stereocenters. The number of allylic oxidation sites excluding steroid dienone is 8. The second-order valence-electron chi connectivity index (χ2n) is 5.01. The van der Waals surface area contributed by atoms with E-state index in [1.165, 1.54) is 6.42 Å². The monoisotopic (exact) mass is 258 g/mol. The van der Waals surface area contributed by atoms with Crippen molar-refractivity contribution in [1.82, 2.24) is 5.32 Å². The van der Waals surface area contributed by atoms with Gasteiger partial charge in [0.1, 0.15) is 0 Å². The van der Waals surface area contributed by atoms with Crippen LogP contribution in [0.5, 0.6) is 0 Å². The molecule has 104 valence electrons. The fourth-order valence-corrected chi connectivity index (χ4v) is 2.16. The molecule has 2 nitrogen and oxygen atoms in total. The standard InChI is InChI=1S/C17H26N2/c1-4-16(18)12-11-14(3)19-17(5-2)13-15-9-7-6-8-10-15/h4,6-9,11-12,15,17,19H,1,5,10,13,18H2,2-3H3/b14-11-,16-12+/t15-,17?/m0/s1. The topological polar surface area (TPSA) is 38.0 Å². The van der Waals surface area contributed by atoms with Crippen molar-refractivity contribution in [2.45, 2.75) is 39.2 Å². The Morgan fingerprint density at radius 3 is 2.84 bits per heavy atom. The van der Waals surface area contributed by atoms with Gasteiger partial charge >= 0.3 is 0 Å². The van der Waals surface area contributed by atoms with Crippen molar-refractivity contribution in [2.24, 2.45) is 11.7 Å². The Hall–Kier alpha value is -1.70. The molecule has 0 amide bonds. The summed E-state index contributed by atoms with van der Waals surface area (Å²) in [6.07, 6.45) is 17.8. The largest absolute Gasteiger partial charge is 0.399 e. The molecule has 0 saturated carbocycles. The van der Waals surface area contributed by atoms with Gasteiger partial charge in [-0.2, -0.15) is 0 Å². The van der Waals surface area contributed by atoms with E-state index in [4.69, 9.17) is 5.73 Å². The number of nitrogens with two attached hydrogens (primary N) is 1. The van der Waals surface area contributed by atoms with Crippen LogP contribution in [-0.2, 0) is 0 Å². The number of hydrogen-bond acceptors (Lipinski definition) is 2. The highest BCUT2D eigenvalue weighted by molar-refractivity contribution is 5.21. The molecule has 1 aliphatic rings. The van der Waals surface area contributed by atoms with Gasteiger partial charge in [-0.25, -0.2) is 0 Å². The molecule has 0 spiro atoms. The van der Waals surface area contributed by atoms with Gasteiger partial charge in [-0.15, -0.1) is 0 Å². The molecule has 0 aromatic heterocycles. The molecule has 0 aromatic carbocycles. The van der Waals surface area contributed by atoms with Gasteiger partial charge in [0.25, 0.3) is 0 Å². The summed E-state index contributed by atoms with van der Waals surface area (Å²) in [6.45, 7) is 7.94. The molecular formula is C17H26N2. The van der Waals surface area contributed by atoms with Gasteiger partial charge in [0.15, 0.2) is 0 Å². The fraction of sp³-hybridized carbons (Fsp3) is 0.412. The Balaban J connectivity index is 2.49. The lowest BCUT2D eigenvalue weighted by atomic mass is 9.92. The van der Waals surface area contributed by atoms with E-state index in [-0.39, 0.29) is 0 Å². The number of rotatable bonds is 7. The van der Waals surface area contributed by atoms with Gasteiger partial charge in [-0.05, 0) is 50.3 Å². The molecular weight excluding hydrogens is 232 g/mol. The van der Waals surface area contributed by atoms with Gasteiger partial charge < -0.3 is 11.1 Å². The third-order valence-electron chi connectivity index (χ3n) is 3.34. The van der Waals surface area contributed by atoms with E-state index in [0.29, 0.717) is 17.7 Å². The lowest BCUT2D eigenvalue weighted by molar-refractivity contribution is 0.442. The molecule has 0 saturated heterocycles. The summed E-state index contributed by atoms with van der Waals surface area (Å²) in [4.78, 5) is 0. The SMILES string of the molecule is C=C/C(N)=C\C=C(\C)NC(CC)C[C@H]1C=CC=CC1. The van der Waals surface area contributed by atoms with E-state index in [2.05, 4.69) is 50.0 Å². The van der Waals surface area contributed by atoms with Crippen molar-refractivity contribution >= 4 is 0 Å². The summed E-state index contributed by atoms with van der Waals surface area (Å²) >= 11 is 0. The Labute approximate surface area is 117 Å². The molecule has 1 aliphatic carbocycles. The van der Waals surface area contributed by atoms with Crippen LogP contribution in [0.15, 0.2) is 60.5 Å². The maximum atomic E-state index is 5.69. The molecule has 0 aromatic rings. The highest BCUT2D eigenvalue weighted by Gasteiger charge is 2.12. The fourth-order valence-electron chi connectivity index (χ4n) is 2.16. The minimum Gasteiger partial charge on any atom is -0.399 e. The normalized spacial score (nSPS) is 21.3. The van der Waals surface area contributed by atoms with Gasteiger partial charge in [0.2, 0.25) is 0 Å². The number of nitrogens with one attached hydrogen (secondary N) is 1. The van der Waals surface area contributed by atoms with Crippen molar-refractivity contribution < 1.29 is 0 Å². The van der Waals surface area contributed by atoms with Gasteiger partial charge in [0, 0.05) is 17.4 Å². The van der Waals surface area contributed by atoms with Crippen LogP contribution >= 0.6 is 0 Å². The van der Waals surface area contributed by atoms with E-state index in [0.717, 1.165) is 18.5 Å². The van der Waals surface area contributed by atoms with E-state index < -0.39 is 0 Å². The zero-order valence-corrected chi connectivity index (χ0v) is 12.1. The van der Waals surface area contributed by atoms with Crippen LogP contribution in [0.3, 0.4) is 0 Å². The van der Waals surface area contributed by atoms with Gasteiger partial charge in [-0.3, -0.25) is 0 Å². The maximum absolute atomic E-state index is 5.69. The molecule has 0 fully saturated rings. The van der Waals surface area contributed by atoms with Crippen LogP contribution in [0.4, 0.5) is 0 Å². The summed E-state index contributed by atoms with van der Waals surface area (Å²) < 4.78 is 0. The smallest absolute Gasteiger partial charge is 0.0308 e. The Bertz CT molecular complexity index is 399. The summed E-state index contributed by atoms with van der Waals surface area (Å²) in [7, 11) is 0. The molecule has 2 atom stereocenters. The molecule has 2 heteroatoms. The molecule has 1 rings (SSSR count). The highest BCUT2D eigenvalue weighted by atomic mass is 14.9. The van der Waals surface area contributed by atoms with E-state index in [1.54, 1.807) is 6.08 Å². The minimum absolute atomic E-state index is 0.510. The molecule has 0 bridgehead atoms. The Kier molecular flexibility index (Phi) is 6.80. The summed E-state index contributed by atoms with van der Waals surface area (Å²) in [6, 6.07) is 0.510. The van der Waals surface area contributed by atoms with Crippen LogP contribution in [0.25, 0.3) is 0 Å². The summed E-state index contributed by atoms with van der Waals surface area (Å²) in [5.74, 6) is 0.657. The van der Waals surface area contributed by atoms with Crippen molar-refractivity contribution in [3.8, 4) is 0 Å². The van der Waals surface area contributed by atoms with Crippen LogP contribution in [-0.4, -0.2) is 6.04 Å². The molecule has 0 aliphatic heterocycles. The Morgan fingerprint density at radius 1 is 1.47 bits per heavy atom. The van der Waals surface area contributed by atoms with Crippen molar-refractivity contribution in [1.29, 1.82) is 0 Å². The third-order valence-corrected chi connectivity index (χ3v) is 3.34. The first-order valence-electron chi connectivity index (χ1n) is 7.02. The molecule has 3 N–H and O–H groups in total. The van der Waals surface area contributed by atoms with Gasteiger partial charge in [0.05, 0.1) is 0 Å². The zero-order chi connectivity index (χ0) is 14.1. The number of hydrogen-bond donors (Lipinski definition) is 2.